The zero-order valence-corrected chi connectivity index (χ0v) is 16.6. The highest BCUT2D eigenvalue weighted by Crippen LogP contribution is 2.29. The number of para-hydroxylation sites is 2. The molecule has 6 nitrogen and oxygen atoms in total. The number of H-pyrrole nitrogens is 1. The molecule has 0 radical (unpaired) electrons. The number of fused-ring (bicyclic) bond motifs is 1. The monoisotopic (exact) mass is 403 g/mol. The molecule has 7 heteroatoms. The van der Waals surface area contributed by atoms with E-state index in [1.54, 1.807) is 18.2 Å². The van der Waals surface area contributed by atoms with Crippen molar-refractivity contribution < 1.29 is 10.2 Å². The highest BCUT2D eigenvalue weighted by molar-refractivity contribution is 5.85. The van der Waals surface area contributed by atoms with E-state index in [0.717, 1.165) is 42.5 Å². The van der Waals surface area contributed by atoms with E-state index in [-0.39, 0.29) is 35.9 Å². The van der Waals surface area contributed by atoms with Gasteiger partial charge in [-0.25, -0.2) is 4.79 Å². The maximum Gasteiger partial charge on any atom is 0.326 e. The van der Waals surface area contributed by atoms with Crippen LogP contribution in [0, 0.1) is 0 Å². The number of hydrogen-bond acceptors (Lipinski definition) is 4. The number of halogens is 1. The summed E-state index contributed by atoms with van der Waals surface area (Å²) in [5.41, 5.74) is 2.49. The number of likely N-dealkylation sites (tertiary alicyclic amines) is 1. The quantitative estimate of drug-likeness (QED) is 0.624. The maximum absolute atomic E-state index is 12.4. The van der Waals surface area contributed by atoms with Gasteiger partial charge in [-0.3, -0.25) is 9.47 Å². The number of hydrogen-bond donors (Lipinski definition) is 3. The van der Waals surface area contributed by atoms with Crippen molar-refractivity contribution in [3.8, 4) is 5.75 Å². The van der Waals surface area contributed by atoms with E-state index in [9.17, 15) is 15.0 Å². The van der Waals surface area contributed by atoms with Crippen LogP contribution in [0.3, 0.4) is 0 Å². The fourth-order valence-electron chi connectivity index (χ4n) is 4.18. The third-order valence-corrected chi connectivity index (χ3v) is 5.73. The van der Waals surface area contributed by atoms with E-state index in [1.165, 1.54) is 0 Å². The Kier molecular flexibility index (Phi) is 6.13. The molecule has 0 aliphatic carbocycles. The van der Waals surface area contributed by atoms with Gasteiger partial charge in [-0.05, 0) is 49.6 Å². The molecule has 3 aromatic rings. The van der Waals surface area contributed by atoms with Gasteiger partial charge >= 0.3 is 5.69 Å². The van der Waals surface area contributed by atoms with Crippen molar-refractivity contribution in [3.05, 3.63) is 64.6 Å². The van der Waals surface area contributed by atoms with E-state index < -0.39 is 6.10 Å². The van der Waals surface area contributed by atoms with Gasteiger partial charge in [0.1, 0.15) is 5.75 Å². The fraction of sp³-hybridized carbons (Fsp3) is 0.381. The van der Waals surface area contributed by atoms with Crippen LogP contribution in [-0.2, 0) is 0 Å². The van der Waals surface area contributed by atoms with Gasteiger partial charge in [-0.1, -0.05) is 24.3 Å². The zero-order valence-electron chi connectivity index (χ0n) is 15.8. The van der Waals surface area contributed by atoms with Crippen LogP contribution in [0.2, 0.25) is 0 Å². The third kappa shape index (κ3) is 3.81. The first-order chi connectivity index (χ1) is 13.0. The van der Waals surface area contributed by atoms with Gasteiger partial charge in [0.2, 0.25) is 0 Å². The second kappa shape index (κ2) is 8.39. The summed E-state index contributed by atoms with van der Waals surface area (Å²) in [6, 6.07) is 14.7. The van der Waals surface area contributed by atoms with E-state index in [1.807, 2.05) is 41.8 Å². The van der Waals surface area contributed by atoms with E-state index in [2.05, 4.69) is 9.88 Å². The number of aromatic amines is 1. The molecule has 1 aromatic heterocycles. The number of imidazole rings is 1. The molecule has 28 heavy (non-hydrogen) atoms. The minimum Gasteiger partial charge on any atom is -0.508 e. The van der Waals surface area contributed by atoms with Crippen LogP contribution in [0.15, 0.2) is 53.3 Å². The number of phenolic OH excluding ortho intramolecular Hbond substituents is 1. The molecule has 4 rings (SSSR count). The van der Waals surface area contributed by atoms with Crippen molar-refractivity contribution in [2.24, 2.45) is 0 Å². The van der Waals surface area contributed by atoms with Gasteiger partial charge in [0.05, 0.1) is 17.1 Å². The average Bonchev–Trinajstić information content (AvgIpc) is 3.02. The second-order valence-corrected chi connectivity index (χ2v) is 7.36. The Hall–Kier alpha value is -2.28. The number of aliphatic hydroxyl groups is 1. The van der Waals surface area contributed by atoms with Crippen LogP contribution in [0.1, 0.15) is 37.5 Å². The first-order valence-corrected chi connectivity index (χ1v) is 9.45. The standard InChI is InChI=1S/C21H25N3O3.ClH/c1-14(20(26)15-5-4-6-17(25)13-15)23-11-9-16(10-12-23)24-19-8-3-2-7-18(19)22-21(24)27;/h2-8,13-14,16,20,25-26H,9-12H2,1H3,(H,22,27);1H. The molecule has 0 saturated carbocycles. The molecule has 2 atom stereocenters. The van der Waals surface area contributed by atoms with Gasteiger partial charge in [0, 0.05) is 25.2 Å². The highest BCUT2D eigenvalue weighted by atomic mass is 35.5. The molecule has 2 unspecified atom stereocenters. The molecular weight excluding hydrogens is 378 g/mol. The largest absolute Gasteiger partial charge is 0.508 e. The lowest BCUT2D eigenvalue weighted by atomic mass is 9.97. The normalized spacial score (nSPS) is 17.9. The number of phenols is 1. The molecular formula is C21H26ClN3O3. The molecule has 1 saturated heterocycles. The van der Waals surface area contributed by atoms with Crippen LogP contribution < -0.4 is 5.69 Å². The van der Waals surface area contributed by atoms with Crippen molar-refractivity contribution in [1.82, 2.24) is 14.5 Å². The van der Waals surface area contributed by atoms with Crippen molar-refractivity contribution in [2.75, 3.05) is 13.1 Å². The molecule has 2 aromatic carbocycles. The highest BCUT2D eigenvalue weighted by Gasteiger charge is 2.29. The van der Waals surface area contributed by atoms with Crippen LogP contribution in [-0.4, -0.2) is 43.8 Å². The number of piperidine rings is 1. The molecule has 1 aliphatic rings. The summed E-state index contributed by atoms with van der Waals surface area (Å²) in [6.07, 6.45) is 1.06. The number of aromatic nitrogens is 2. The molecule has 0 amide bonds. The van der Waals surface area contributed by atoms with E-state index in [0.29, 0.717) is 0 Å². The van der Waals surface area contributed by atoms with Gasteiger partial charge in [0.15, 0.2) is 0 Å². The minimum atomic E-state index is -0.663. The van der Waals surface area contributed by atoms with Crippen molar-refractivity contribution in [1.29, 1.82) is 0 Å². The van der Waals surface area contributed by atoms with Crippen molar-refractivity contribution in [2.45, 2.75) is 38.0 Å². The number of nitrogens with zero attached hydrogens (tertiary/aromatic N) is 2. The van der Waals surface area contributed by atoms with Gasteiger partial charge < -0.3 is 15.2 Å². The summed E-state index contributed by atoms with van der Waals surface area (Å²) in [5, 5.41) is 20.3. The average molecular weight is 404 g/mol. The summed E-state index contributed by atoms with van der Waals surface area (Å²) >= 11 is 0. The molecule has 0 spiro atoms. The summed E-state index contributed by atoms with van der Waals surface area (Å²) in [4.78, 5) is 17.6. The lowest BCUT2D eigenvalue weighted by Gasteiger charge is -2.38. The van der Waals surface area contributed by atoms with Gasteiger partial charge in [-0.15, -0.1) is 12.4 Å². The predicted octanol–water partition coefficient (Wildman–Crippen LogP) is 3.22. The molecule has 1 fully saturated rings. The van der Waals surface area contributed by atoms with Crippen molar-refractivity contribution in [3.63, 3.8) is 0 Å². The Bertz CT molecular complexity index is 992. The van der Waals surface area contributed by atoms with E-state index in [4.69, 9.17) is 0 Å². The van der Waals surface area contributed by atoms with Gasteiger partial charge in [0.25, 0.3) is 0 Å². The first kappa shape index (κ1) is 20.5. The number of nitrogens with one attached hydrogen (secondary N) is 1. The maximum atomic E-state index is 12.4. The number of aromatic hydroxyl groups is 1. The Morgan fingerprint density at radius 1 is 1.11 bits per heavy atom. The lowest BCUT2D eigenvalue weighted by molar-refractivity contribution is 0.0385. The van der Waals surface area contributed by atoms with Crippen LogP contribution in [0.5, 0.6) is 5.75 Å². The van der Waals surface area contributed by atoms with Gasteiger partial charge in [-0.2, -0.15) is 0 Å². The Labute approximate surface area is 169 Å². The van der Waals surface area contributed by atoms with Crippen LogP contribution in [0.25, 0.3) is 11.0 Å². The molecule has 2 heterocycles. The summed E-state index contributed by atoms with van der Waals surface area (Å²) in [7, 11) is 0. The van der Waals surface area contributed by atoms with Crippen molar-refractivity contribution >= 4 is 23.4 Å². The summed E-state index contributed by atoms with van der Waals surface area (Å²) in [6.45, 7) is 3.63. The second-order valence-electron chi connectivity index (χ2n) is 7.36. The SMILES string of the molecule is CC(C(O)c1cccc(O)c1)N1CCC(n2c(=O)[nH]c3ccccc32)CC1.Cl. The Balaban J connectivity index is 0.00000225. The molecule has 3 N–H and O–H groups in total. The zero-order chi connectivity index (χ0) is 19.0. The minimum absolute atomic E-state index is 0. The topological polar surface area (TPSA) is 81.5 Å². The number of rotatable bonds is 4. The Morgan fingerprint density at radius 2 is 1.82 bits per heavy atom. The summed E-state index contributed by atoms with van der Waals surface area (Å²) < 4.78 is 1.88. The molecule has 150 valence electrons. The first-order valence-electron chi connectivity index (χ1n) is 9.45. The Morgan fingerprint density at radius 3 is 2.54 bits per heavy atom. The van der Waals surface area contributed by atoms with E-state index >= 15 is 0 Å². The predicted molar refractivity (Wildman–Crippen MR) is 112 cm³/mol. The molecule has 0 bridgehead atoms. The number of aliphatic hydroxyl groups excluding tert-OH is 1. The fourth-order valence-corrected chi connectivity index (χ4v) is 4.18. The van der Waals surface area contributed by atoms with Crippen LogP contribution >= 0.6 is 12.4 Å². The number of benzene rings is 2. The molecule has 1 aliphatic heterocycles. The smallest absolute Gasteiger partial charge is 0.326 e. The summed E-state index contributed by atoms with van der Waals surface area (Å²) in [5.74, 6) is 0.163. The lowest BCUT2D eigenvalue weighted by Crippen LogP contribution is -2.44. The third-order valence-electron chi connectivity index (χ3n) is 5.73. The van der Waals surface area contributed by atoms with Crippen LogP contribution in [0.4, 0.5) is 0 Å².